The molecule has 1 aliphatic heterocycles. The summed E-state index contributed by atoms with van der Waals surface area (Å²) in [6.45, 7) is 0. The van der Waals surface area contributed by atoms with Crippen molar-refractivity contribution in [1.29, 1.82) is 0 Å². The van der Waals surface area contributed by atoms with E-state index in [1.807, 2.05) is 31.1 Å². The third-order valence-corrected chi connectivity index (χ3v) is 4.85. The molecule has 1 atom stereocenters. The summed E-state index contributed by atoms with van der Waals surface area (Å²) in [7, 11) is 0.962. The normalized spacial score (nSPS) is 22.4. The quantitative estimate of drug-likeness (QED) is 0.891. The van der Waals surface area contributed by atoms with E-state index in [1.165, 1.54) is 0 Å². The van der Waals surface area contributed by atoms with E-state index in [2.05, 4.69) is 10.3 Å². The van der Waals surface area contributed by atoms with Crippen molar-refractivity contribution in [3.63, 3.8) is 0 Å². The van der Waals surface area contributed by atoms with E-state index in [-0.39, 0.29) is 11.8 Å². The van der Waals surface area contributed by atoms with Gasteiger partial charge in [0.25, 0.3) is 0 Å². The summed E-state index contributed by atoms with van der Waals surface area (Å²) in [4.78, 5) is 6.21. The van der Waals surface area contributed by atoms with Gasteiger partial charge in [-0.2, -0.15) is 0 Å². The van der Waals surface area contributed by atoms with Gasteiger partial charge in [0.2, 0.25) is 0 Å². The summed E-state index contributed by atoms with van der Waals surface area (Å²) in [5, 5.41) is 3.30. The number of sulfone groups is 1. The molecule has 0 amide bonds. The Hall–Kier alpha value is -1.30. The van der Waals surface area contributed by atoms with Crippen molar-refractivity contribution in [1.82, 2.24) is 4.98 Å². The molecule has 1 unspecified atom stereocenters. The second kappa shape index (κ2) is 5.14. The fourth-order valence-electron chi connectivity index (χ4n) is 2.22. The van der Waals surface area contributed by atoms with E-state index < -0.39 is 9.84 Å². The molecule has 1 aromatic heterocycles. The highest BCUT2D eigenvalue weighted by Gasteiger charge is 2.25. The van der Waals surface area contributed by atoms with Gasteiger partial charge in [-0.1, -0.05) is 0 Å². The highest BCUT2D eigenvalue weighted by molar-refractivity contribution is 7.91. The zero-order valence-corrected chi connectivity index (χ0v) is 11.6. The van der Waals surface area contributed by atoms with Crippen LogP contribution in [0.15, 0.2) is 18.3 Å². The first-order valence-corrected chi connectivity index (χ1v) is 7.89. The predicted octanol–water partition coefficient (Wildman–Crippen LogP) is 1.14. The zero-order valence-electron chi connectivity index (χ0n) is 10.8. The van der Waals surface area contributed by atoms with Gasteiger partial charge in [0.1, 0.15) is 0 Å². The van der Waals surface area contributed by atoms with Crippen LogP contribution in [-0.4, -0.2) is 45.0 Å². The van der Waals surface area contributed by atoms with Crippen LogP contribution in [0.1, 0.15) is 12.8 Å². The van der Waals surface area contributed by atoms with Crippen LogP contribution in [0.2, 0.25) is 0 Å². The van der Waals surface area contributed by atoms with Gasteiger partial charge >= 0.3 is 0 Å². The Labute approximate surface area is 108 Å². The van der Waals surface area contributed by atoms with Crippen LogP contribution < -0.4 is 10.2 Å². The molecule has 100 valence electrons. The number of nitrogens with zero attached hydrogens (tertiary/aromatic N) is 2. The zero-order chi connectivity index (χ0) is 13.2. The highest BCUT2D eigenvalue weighted by atomic mass is 32.2. The fraction of sp³-hybridized carbons (Fsp3) is 0.583. The maximum atomic E-state index is 11.6. The van der Waals surface area contributed by atoms with Gasteiger partial charge in [-0.3, -0.25) is 0 Å². The van der Waals surface area contributed by atoms with Crippen LogP contribution in [-0.2, 0) is 9.84 Å². The van der Waals surface area contributed by atoms with Gasteiger partial charge in [0, 0.05) is 26.3 Å². The summed E-state index contributed by atoms with van der Waals surface area (Å²) >= 11 is 0. The van der Waals surface area contributed by atoms with Crippen molar-refractivity contribution in [2.24, 2.45) is 0 Å². The minimum atomic E-state index is -2.88. The van der Waals surface area contributed by atoms with Gasteiger partial charge in [-0.15, -0.1) is 0 Å². The summed E-state index contributed by atoms with van der Waals surface area (Å²) < 4.78 is 23.2. The molecule has 18 heavy (non-hydrogen) atoms. The van der Waals surface area contributed by atoms with Crippen molar-refractivity contribution in [2.45, 2.75) is 18.9 Å². The molecule has 1 fully saturated rings. The molecule has 1 N–H and O–H groups in total. The Morgan fingerprint density at radius 1 is 1.44 bits per heavy atom. The highest BCUT2D eigenvalue weighted by Crippen LogP contribution is 2.24. The van der Waals surface area contributed by atoms with Gasteiger partial charge in [-0.05, 0) is 25.0 Å². The number of pyridine rings is 1. The van der Waals surface area contributed by atoms with Crippen molar-refractivity contribution in [3.8, 4) is 0 Å². The van der Waals surface area contributed by atoms with E-state index in [0.717, 1.165) is 24.3 Å². The average molecular weight is 269 g/mol. The Balaban J connectivity index is 2.14. The van der Waals surface area contributed by atoms with Gasteiger partial charge in [0.15, 0.2) is 15.7 Å². The fourth-order valence-corrected chi connectivity index (χ4v) is 3.86. The third kappa shape index (κ3) is 3.13. The van der Waals surface area contributed by atoms with Crippen molar-refractivity contribution >= 4 is 21.3 Å². The average Bonchev–Trinajstić information content (AvgIpc) is 2.28. The molecule has 1 aliphatic rings. The molecular formula is C12H19N3O2S. The molecule has 2 heterocycles. The summed E-state index contributed by atoms with van der Waals surface area (Å²) in [6.07, 6.45) is 3.36. The molecule has 1 aromatic rings. The number of hydrogen-bond acceptors (Lipinski definition) is 5. The summed E-state index contributed by atoms with van der Waals surface area (Å²) in [6, 6.07) is 3.78. The molecule has 0 spiro atoms. The number of hydrogen-bond donors (Lipinski definition) is 1. The Bertz CT molecular complexity index is 514. The lowest BCUT2D eigenvalue weighted by Gasteiger charge is -2.26. The van der Waals surface area contributed by atoms with Crippen LogP contribution in [0.25, 0.3) is 0 Å². The molecule has 1 saturated heterocycles. The maximum Gasteiger partial charge on any atom is 0.152 e. The van der Waals surface area contributed by atoms with Crippen LogP contribution in [0.3, 0.4) is 0 Å². The molecule has 0 bridgehead atoms. The smallest absolute Gasteiger partial charge is 0.152 e. The first-order chi connectivity index (χ1) is 8.48. The Morgan fingerprint density at radius 3 is 2.89 bits per heavy atom. The molecule has 0 radical (unpaired) electrons. The number of anilines is 2. The molecule has 0 aliphatic carbocycles. The van der Waals surface area contributed by atoms with E-state index in [1.54, 1.807) is 6.20 Å². The molecule has 5 nitrogen and oxygen atoms in total. The largest absolute Gasteiger partial charge is 0.378 e. The maximum absolute atomic E-state index is 11.6. The molecule has 6 heteroatoms. The van der Waals surface area contributed by atoms with Crippen LogP contribution in [0.4, 0.5) is 11.5 Å². The standard InChI is InChI=1S/C12H19N3O2S/c1-15(2)12-11(6-3-7-13-12)14-10-5-4-8-18(16,17)9-10/h3,6-7,10,14H,4-5,8-9H2,1-2H3. The van der Waals surface area contributed by atoms with Crippen molar-refractivity contribution in [3.05, 3.63) is 18.3 Å². The number of nitrogens with one attached hydrogen (secondary N) is 1. The van der Waals surface area contributed by atoms with E-state index in [4.69, 9.17) is 0 Å². The minimum Gasteiger partial charge on any atom is -0.378 e. The summed E-state index contributed by atoms with van der Waals surface area (Å²) in [5.74, 6) is 1.37. The molecular weight excluding hydrogens is 250 g/mol. The lowest BCUT2D eigenvalue weighted by molar-refractivity contribution is 0.562. The number of rotatable bonds is 3. The van der Waals surface area contributed by atoms with Crippen LogP contribution >= 0.6 is 0 Å². The monoisotopic (exact) mass is 269 g/mol. The Kier molecular flexibility index (Phi) is 3.75. The third-order valence-electron chi connectivity index (χ3n) is 3.03. The predicted molar refractivity (Wildman–Crippen MR) is 73.9 cm³/mol. The topological polar surface area (TPSA) is 62.3 Å². The second-order valence-electron chi connectivity index (χ2n) is 4.87. The second-order valence-corrected chi connectivity index (χ2v) is 7.10. The molecule has 2 rings (SSSR count). The van der Waals surface area contributed by atoms with Gasteiger partial charge < -0.3 is 10.2 Å². The first-order valence-electron chi connectivity index (χ1n) is 6.07. The van der Waals surface area contributed by atoms with Gasteiger partial charge in [-0.25, -0.2) is 13.4 Å². The SMILES string of the molecule is CN(C)c1ncccc1NC1CCCS(=O)(=O)C1. The first kappa shape index (κ1) is 13.1. The van der Waals surface area contributed by atoms with Crippen molar-refractivity contribution in [2.75, 3.05) is 35.8 Å². The van der Waals surface area contributed by atoms with E-state index >= 15 is 0 Å². The Morgan fingerprint density at radius 2 is 2.22 bits per heavy atom. The lowest BCUT2D eigenvalue weighted by Crippen LogP contribution is -2.35. The van der Waals surface area contributed by atoms with Crippen LogP contribution in [0.5, 0.6) is 0 Å². The summed E-state index contributed by atoms with van der Waals surface area (Å²) in [5.41, 5.74) is 0.893. The van der Waals surface area contributed by atoms with Crippen LogP contribution in [0, 0.1) is 0 Å². The molecule has 0 aromatic carbocycles. The van der Waals surface area contributed by atoms with Crippen molar-refractivity contribution < 1.29 is 8.42 Å². The number of aromatic nitrogens is 1. The van der Waals surface area contributed by atoms with E-state index in [0.29, 0.717) is 5.75 Å². The lowest BCUT2D eigenvalue weighted by atomic mass is 10.2. The van der Waals surface area contributed by atoms with E-state index in [9.17, 15) is 8.42 Å². The minimum absolute atomic E-state index is 0.00773. The van der Waals surface area contributed by atoms with Gasteiger partial charge in [0.05, 0.1) is 17.2 Å². The molecule has 0 saturated carbocycles.